The highest BCUT2D eigenvalue weighted by Crippen LogP contribution is 2.61. The summed E-state index contributed by atoms with van der Waals surface area (Å²) in [5.74, 6) is 3.35. The molecule has 0 amide bonds. The molecule has 0 aliphatic heterocycles. The summed E-state index contributed by atoms with van der Waals surface area (Å²) in [6.45, 7) is 3.67. The molecule has 3 heteroatoms. The van der Waals surface area contributed by atoms with E-state index in [1.807, 2.05) is 13.8 Å². The van der Waals surface area contributed by atoms with Crippen molar-refractivity contribution in [3.63, 3.8) is 0 Å². The highest BCUT2D eigenvalue weighted by atomic mass is 32.2. The minimum atomic E-state index is -0.678. The summed E-state index contributed by atoms with van der Waals surface area (Å²) in [7, 11) is 0. The minimum absolute atomic E-state index is 0.594. The van der Waals surface area contributed by atoms with Gasteiger partial charge in [-0.05, 0) is 87.7 Å². The van der Waals surface area contributed by atoms with Gasteiger partial charge in [-0.25, -0.2) is 0 Å². The van der Waals surface area contributed by atoms with Gasteiger partial charge in [-0.2, -0.15) is 0 Å². The lowest BCUT2D eigenvalue weighted by atomic mass is 9.49. The lowest BCUT2D eigenvalue weighted by Crippen LogP contribution is -2.46. The number of carboxylic acids is 1. The van der Waals surface area contributed by atoms with Crippen molar-refractivity contribution >= 4 is 17.7 Å². The maximum Gasteiger partial charge on any atom is 0.319 e. The molecule has 0 radical (unpaired) electrons. The third-order valence-corrected chi connectivity index (χ3v) is 7.08. The maximum absolute atomic E-state index is 11.2. The number of hydrogen-bond donors (Lipinski definition) is 1. The molecule has 4 rings (SSSR count). The lowest BCUT2D eigenvalue weighted by Gasteiger charge is -2.57. The predicted molar refractivity (Wildman–Crippen MR) is 79.4 cm³/mol. The van der Waals surface area contributed by atoms with Crippen LogP contribution in [0.3, 0.4) is 0 Å². The van der Waals surface area contributed by atoms with Crippen LogP contribution in [0.15, 0.2) is 0 Å². The van der Waals surface area contributed by atoms with Gasteiger partial charge in [-0.3, -0.25) is 4.79 Å². The zero-order chi connectivity index (χ0) is 13.7. The summed E-state index contributed by atoms with van der Waals surface area (Å²) in [5, 5.41) is 9.18. The molecular weight excluding hydrogens is 256 g/mol. The minimum Gasteiger partial charge on any atom is -0.480 e. The van der Waals surface area contributed by atoms with Gasteiger partial charge in [-0.15, -0.1) is 11.8 Å². The van der Waals surface area contributed by atoms with E-state index in [2.05, 4.69) is 0 Å². The average Bonchev–Trinajstić information content (AvgIpc) is 2.25. The second kappa shape index (κ2) is 4.68. The van der Waals surface area contributed by atoms with Crippen LogP contribution in [-0.2, 0) is 4.79 Å². The zero-order valence-corrected chi connectivity index (χ0v) is 13.0. The second-order valence-corrected chi connectivity index (χ2v) is 9.55. The smallest absolute Gasteiger partial charge is 0.319 e. The second-order valence-electron chi connectivity index (χ2n) is 7.83. The number of aliphatic carboxylic acids is 1. The van der Waals surface area contributed by atoms with Crippen LogP contribution in [-0.4, -0.2) is 21.6 Å². The van der Waals surface area contributed by atoms with Gasteiger partial charge in [-0.1, -0.05) is 0 Å². The fourth-order valence-corrected chi connectivity index (χ4v) is 6.35. The van der Waals surface area contributed by atoms with Crippen LogP contribution < -0.4 is 0 Å². The van der Waals surface area contributed by atoms with Crippen molar-refractivity contribution < 1.29 is 9.90 Å². The van der Waals surface area contributed by atoms with Crippen LogP contribution in [0.4, 0.5) is 0 Å². The van der Waals surface area contributed by atoms with E-state index in [0.29, 0.717) is 5.41 Å². The van der Waals surface area contributed by atoms with Crippen molar-refractivity contribution in [3.8, 4) is 0 Å². The molecule has 19 heavy (non-hydrogen) atoms. The Hall–Kier alpha value is -0.180. The molecule has 2 nitrogen and oxygen atoms in total. The molecule has 4 fully saturated rings. The molecule has 1 N–H and O–H groups in total. The number of hydrogen-bond acceptors (Lipinski definition) is 2. The average molecular weight is 282 g/mol. The third kappa shape index (κ3) is 2.68. The van der Waals surface area contributed by atoms with Gasteiger partial charge < -0.3 is 5.11 Å². The summed E-state index contributed by atoms with van der Waals surface area (Å²) in [6, 6.07) is 0. The van der Waals surface area contributed by atoms with Gasteiger partial charge in [0, 0.05) is 0 Å². The first kappa shape index (κ1) is 13.8. The first-order valence-electron chi connectivity index (χ1n) is 7.76. The van der Waals surface area contributed by atoms with Crippen LogP contribution in [0.1, 0.15) is 58.8 Å². The van der Waals surface area contributed by atoms with Gasteiger partial charge in [0.05, 0.1) is 0 Å². The number of carboxylic acid groups (broad SMARTS) is 1. The van der Waals surface area contributed by atoms with E-state index in [-0.39, 0.29) is 0 Å². The normalized spacial score (nSPS) is 40.6. The van der Waals surface area contributed by atoms with Crippen molar-refractivity contribution in [1.82, 2.24) is 0 Å². The molecule has 4 aliphatic rings. The molecule has 0 unspecified atom stereocenters. The van der Waals surface area contributed by atoms with Gasteiger partial charge in [0.25, 0.3) is 0 Å². The highest BCUT2D eigenvalue weighted by molar-refractivity contribution is 8.01. The molecule has 0 aromatic rings. The van der Waals surface area contributed by atoms with E-state index in [4.69, 9.17) is 0 Å². The van der Waals surface area contributed by atoms with E-state index < -0.39 is 10.7 Å². The molecular formula is C16H26O2S. The Morgan fingerprint density at radius 3 is 2.05 bits per heavy atom. The Morgan fingerprint density at radius 1 is 1.16 bits per heavy atom. The SMILES string of the molecule is CC(C)(SCCC12CC3CC(CC(C3)C1)C2)C(=O)O. The first-order chi connectivity index (χ1) is 8.89. The van der Waals surface area contributed by atoms with Gasteiger partial charge in [0.1, 0.15) is 4.75 Å². The molecule has 0 aromatic heterocycles. The van der Waals surface area contributed by atoms with Gasteiger partial charge in [0.15, 0.2) is 0 Å². The molecule has 4 aliphatic carbocycles. The zero-order valence-electron chi connectivity index (χ0n) is 12.2. The molecule has 4 saturated carbocycles. The molecule has 0 atom stereocenters. The van der Waals surface area contributed by atoms with Crippen LogP contribution in [0.2, 0.25) is 0 Å². The van der Waals surface area contributed by atoms with E-state index in [1.165, 1.54) is 44.9 Å². The lowest BCUT2D eigenvalue weighted by molar-refractivity contribution is -0.138. The van der Waals surface area contributed by atoms with Crippen LogP contribution >= 0.6 is 11.8 Å². The van der Waals surface area contributed by atoms with Crippen molar-refractivity contribution in [3.05, 3.63) is 0 Å². The summed E-state index contributed by atoms with van der Waals surface area (Å²) < 4.78 is -0.623. The van der Waals surface area contributed by atoms with Crippen LogP contribution in [0, 0.1) is 23.2 Å². The van der Waals surface area contributed by atoms with E-state index in [1.54, 1.807) is 11.8 Å². The summed E-state index contributed by atoms with van der Waals surface area (Å²) in [5.41, 5.74) is 0.594. The predicted octanol–water partition coefficient (Wildman–Crippen LogP) is 4.19. The van der Waals surface area contributed by atoms with Crippen LogP contribution in [0.5, 0.6) is 0 Å². The van der Waals surface area contributed by atoms with Crippen molar-refractivity contribution in [2.24, 2.45) is 23.2 Å². The fourth-order valence-electron chi connectivity index (χ4n) is 5.18. The highest BCUT2D eigenvalue weighted by Gasteiger charge is 2.50. The fraction of sp³-hybridized carbons (Fsp3) is 0.938. The Labute approximate surface area is 120 Å². The molecule has 0 aromatic carbocycles. The Bertz CT molecular complexity index is 340. The monoisotopic (exact) mass is 282 g/mol. The third-order valence-electron chi connectivity index (χ3n) is 5.78. The molecule has 108 valence electrons. The Morgan fingerprint density at radius 2 is 1.63 bits per heavy atom. The summed E-state index contributed by atoms with van der Waals surface area (Å²) >= 11 is 1.64. The molecule has 0 heterocycles. The summed E-state index contributed by atoms with van der Waals surface area (Å²) in [4.78, 5) is 11.2. The Balaban J connectivity index is 1.57. The van der Waals surface area contributed by atoms with Crippen LogP contribution in [0.25, 0.3) is 0 Å². The number of carbonyl (C=O) groups is 1. The van der Waals surface area contributed by atoms with Gasteiger partial charge >= 0.3 is 5.97 Å². The standard InChI is InChI=1S/C16H26O2S/c1-15(2,14(17)18)19-4-3-16-8-11-5-12(9-16)7-13(6-11)10-16/h11-13H,3-10H2,1-2H3,(H,17,18). The topological polar surface area (TPSA) is 37.3 Å². The van der Waals surface area contributed by atoms with E-state index >= 15 is 0 Å². The molecule has 0 spiro atoms. The van der Waals surface area contributed by atoms with E-state index in [0.717, 1.165) is 23.5 Å². The maximum atomic E-state index is 11.2. The Kier molecular flexibility index (Phi) is 3.40. The van der Waals surface area contributed by atoms with Gasteiger partial charge in [0.2, 0.25) is 0 Å². The molecule has 0 saturated heterocycles. The number of rotatable bonds is 5. The number of thioether (sulfide) groups is 1. The molecule has 4 bridgehead atoms. The largest absolute Gasteiger partial charge is 0.480 e. The first-order valence-corrected chi connectivity index (χ1v) is 8.74. The van der Waals surface area contributed by atoms with Crippen molar-refractivity contribution in [1.29, 1.82) is 0 Å². The van der Waals surface area contributed by atoms with Crippen molar-refractivity contribution in [2.45, 2.75) is 63.5 Å². The summed E-state index contributed by atoms with van der Waals surface area (Å²) in [6.07, 6.45) is 10.0. The quantitative estimate of drug-likeness (QED) is 0.821. The van der Waals surface area contributed by atoms with Crippen molar-refractivity contribution in [2.75, 3.05) is 5.75 Å². The van der Waals surface area contributed by atoms with E-state index in [9.17, 15) is 9.90 Å².